The van der Waals surface area contributed by atoms with E-state index in [-0.39, 0.29) is 5.56 Å². The normalized spacial score (nSPS) is 23.4. The molecule has 0 N–H and O–H groups in total. The van der Waals surface area contributed by atoms with Crippen LogP contribution < -0.4 is 0 Å². The SMILES string of the molecule is COC(=O)[C@H]1CC[C@H](c2ccccc2C(F)(F)F)O1. The number of halogens is 3. The summed E-state index contributed by atoms with van der Waals surface area (Å²) in [6, 6.07) is 5.26. The Labute approximate surface area is 108 Å². The van der Waals surface area contributed by atoms with Crippen LogP contribution in [0.25, 0.3) is 0 Å². The third-order valence-electron chi connectivity index (χ3n) is 3.10. The highest BCUT2D eigenvalue weighted by Gasteiger charge is 2.39. The lowest BCUT2D eigenvalue weighted by Gasteiger charge is -2.18. The molecule has 1 aromatic rings. The Kier molecular flexibility index (Phi) is 3.80. The van der Waals surface area contributed by atoms with Gasteiger partial charge in [0.1, 0.15) is 0 Å². The standard InChI is InChI=1S/C13H13F3O3/c1-18-12(17)11-7-6-10(19-11)8-4-2-3-5-9(8)13(14,15)16/h2-5,10-11H,6-7H2,1H3/t10-,11-/m1/s1. The van der Waals surface area contributed by atoms with Crippen LogP contribution in [0.15, 0.2) is 24.3 Å². The van der Waals surface area contributed by atoms with Crippen LogP contribution >= 0.6 is 0 Å². The van der Waals surface area contributed by atoms with Gasteiger partial charge in [-0.15, -0.1) is 0 Å². The fourth-order valence-corrected chi connectivity index (χ4v) is 2.21. The highest BCUT2D eigenvalue weighted by molar-refractivity contribution is 5.74. The third kappa shape index (κ3) is 2.89. The van der Waals surface area contributed by atoms with E-state index in [1.165, 1.54) is 25.3 Å². The van der Waals surface area contributed by atoms with E-state index in [1.54, 1.807) is 0 Å². The first-order valence-electron chi connectivity index (χ1n) is 5.83. The maximum atomic E-state index is 12.9. The summed E-state index contributed by atoms with van der Waals surface area (Å²) in [7, 11) is 1.22. The van der Waals surface area contributed by atoms with Crippen molar-refractivity contribution < 1.29 is 27.4 Å². The predicted molar refractivity (Wildman–Crippen MR) is 60.3 cm³/mol. The second-order valence-electron chi connectivity index (χ2n) is 4.30. The maximum absolute atomic E-state index is 12.9. The van der Waals surface area contributed by atoms with Gasteiger partial charge in [0.2, 0.25) is 0 Å². The Hall–Kier alpha value is -1.56. The Morgan fingerprint density at radius 1 is 1.32 bits per heavy atom. The monoisotopic (exact) mass is 274 g/mol. The number of methoxy groups -OCH3 is 1. The summed E-state index contributed by atoms with van der Waals surface area (Å²) in [4.78, 5) is 11.3. The zero-order valence-corrected chi connectivity index (χ0v) is 10.2. The summed E-state index contributed by atoms with van der Waals surface area (Å²) < 4.78 is 48.5. The largest absolute Gasteiger partial charge is 0.467 e. The first kappa shape index (κ1) is 13.9. The maximum Gasteiger partial charge on any atom is 0.416 e. The number of ether oxygens (including phenoxy) is 2. The number of carbonyl (C=O) groups excluding carboxylic acids is 1. The van der Waals surface area contributed by atoms with Gasteiger partial charge in [0.25, 0.3) is 0 Å². The van der Waals surface area contributed by atoms with Gasteiger partial charge in [-0.05, 0) is 24.5 Å². The molecule has 1 aromatic carbocycles. The number of benzene rings is 1. The second kappa shape index (κ2) is 5.21. The number of alkyl halides is 3. The number of rotatable bonds is 2. The van der Waals surface area contributed by atoms with Gasteiger partial charge in [-0.3, -0.25) is 0 Å². The van der Waals surface area contributed by atoms with Gasteiger partial charge in [-0.2, -0.15) is 13.2 Å². The van der Waals surface area contributed by atoms with Crippen molar-refractivity contribution in [1.82, 2.24) is 0 Å². The first-order chi connectivity index (χ1) is 8.93. The molecular weight excluding hydrogens is 261 g/mol. The molecule has 1 fully saturated rings. The van der Waals surface area contributed by atoms with E-state index in [1.807, 2.05) is 0 Å². The number of carbonyl (C=O) groups is 1. The van der Waals surface area contributed by atoms with E-state index in [0.717, 1.165) is 6.07 Å². The molecule has 0 unspecified atom stereocenters. The van der Waals surface area contributed by atoms with Gasteiger partial charge in [-0.1, -0.05) is 18.2 Å². The fourth-order valence-electron chi connectivity index (χ4n) is 2.21. The van der Waals surface area contributed by atoms with E-state index in [2.05, 4.69) is 4.74 Å². The van der Waals surface area contributed by atoms with Crippen molar-refractivity contribution in [2.45, 2.75) is 31.2 Å². The molecule has 6 heteroatoms. The minimum Gasteiger partial charge on any atom is -0.467 e. The van der Waals surface area contributed by atoms with E-state index in [0.29, 0.717) is 12.8 Å². The summed E-state index contributed by atoms with van der Waals surface area (Å²) in [5.74, 6) is -0.549. The lowest BCUT2D eigenvalue weighted by Crippen LogP contribution is -2.21. The summed E-state index contributed by atoms with van der Waals surface area (Å²) in [6.45, 7) is 0. The molecular formula is C13H13F3O3. The molecule has 1 aliphatic rings. The quantitative estimate of drug-likeness (QED) is 0.777. The molecule has 0 amide bonds. The van der Waals surface area contributed by atoms with E-state index >= 15 is 0 Å². The molecule has 1 saturated heterocycles. The van der Waals surface area contributed by atoms with Crippen LogP contribution in [0, 0.1) is 0 Å². The Morgan fingerprint density at radius 3 is 2.63 bits per heavy atom. The third-order valence-corrected chi connectivity index (χ3v) is 3.10. The van der Waals surface area contributed by atoms with Crippen LogP contribution in [0.1, 0.15) is 30.1 Å². The molecule has 2 atom stereocenters. The Morgan fingerprint density at radius 2 is 2.00 bits per heavy atom. The molecule has 0 aromatic heterocycles. The molecule has 19 heavy (non-hydrogen) atoms. The van der Waals surface area contributed by atoms with Crippen molar-refractivity contribution in [2.24, 2.45) is 0 Å². The van der Waals surface area contributed by atoms with Gasteiger partial charge in [0.05, 0.1) is 18.8 Å². The lowest BCUT2D eigenvalue weighted by molar-refractivity contribution is -0.153. The molecule has 1 aliphatic heterocycles. The van der Waals surface area contributed by atoms with E-state index in [9.17, 15) is 18.0 Å². The van der Waals surface area contributed by atoms with Crippen molar-refractivity contribution >= 4 is 5.97 Å². The molecule has 0 saturated carbocycles. The average Bonchev–Trinajstić information content (AvgIpc) is 2.86. The minimum absolute atomic E-state index is 0.0707. The summed E-state index contributed by atoms with van der Waals surface area (Å²) in [5.41, 5.74) is -0.646. The molecule has 0 radical (unpaired) electrons. The topological polar surface area (TPSA) is 35.5 Å². The molecule has 104 valence electrons. The average molecular weight is 274 g/mol. The molecule has 3 nitrogen and oxygen atoms in total. The van der Waals surface area contributed by atoms with Crippen LogP contribution in [0.2, 0.25) is 0 Å². The smallest absolute Gasteiger partial charge is 0.416 e. The van der Waals surface area contributed by atoms with E-state index < -0.39 is 29.9 Å². The van der Waals surface area contributed by atoms with Crippen molar-refractivity contribution in [2.75, 3.05) is 7.11 Å². The molecule has 0 spiro atoms. The molecule has 0 bridgehead atoms. The van der Waals surface area contributed by atoms with Gasteiger partial charge in [0.15, 0.2) is 6.10 Å². The second-order valence-corrected chi connectivity index (χ2v) is 4.30. The predicted octanol–water partition coefficient (Wildman–Crippen LogP) is 3.10. The molecule has 0 aliphatic carbocycles. The fraction of sp³-hybridized carbons (Fsp3) is 0.462. The van der Waals surface area contributed by atoms with E-state index in [4.69, 9.17) is 4.74 Å². The van der Waals surface area contributed by atoms with Gasteiger partial charge in [-0.25, -0.2) is 4.79 Å². The Bertz CT molecular complexity index is 470. The van der Waals surface area contributed by atoms with Crippen molar-refractivity contribution in [3.05, 3.63) is 35.4 Å². The first-order valence-corrected chi connectivity index (χ1v) is 5.83. The number of esters is 1. The van der Waals surface area contributed by atoms with Crippen LogP contribution in [-0.2, 0) is 20.4 Å². The van der Waals surface area contributed by atoms with Crippen molar-refractivity contribution in [3.63, 3.8) is 0 Å². The Balaban J connectivity index is 2.23. The molecule has 2 rings (SSSR count). The zero-order chi connectivity index (χ0) is 14.0. The van der Waals surface area contributed by atoms with Gasteiger partial charge < -0.3 is 9.47 Å². The minimum atomic E-state index is -4.43. The summed E-state index contributed by atoms with van der Waals surface area (Å²) >= 11 is 0. The number of hydrogen-bond donors (Lipinski definition) is 0. The molecule has 1 heterocycles. The highest BCUT2D eigenvalue weighted by atomic mass is 19.4. The van der Waals surface area contributed by atoms with Crippen molar-refractivity contribution in [1.29, 1.82) is 0 Å². The lowest BCUT2D eigenvalue weighted by atomic mass is 10.00. The highest BCUT2D eigenvalue weighted by Crippen LogP contribution is 2.40. The van der Waals surface area contributed by atoms with Gasteiger partial charge >= 0.3 is 12.1 Å². The van der Waals surface area contributed by atoms with Crippen molar-refractivity contribution in [3.8, 4) is 0 Å². The van der Waals surface area contributed by atoms with Crippen LogP contribution in [0.5, 0.6) is 0 Å². The van der Waals surface area contributed by atoms with Crippen LogP contribution in [0.4, 0.5) is 13.2 Å². The van der Waals surface area contributed by atoms with Crippen LogP contribution in [-0.4, -0.2) is 19.2 Å². The van der Waals surface area contributed by atoms with Crippen LogP contribution in [0.3, 0.4) is 0 Å². The van der Waals surface area contributed by atoms with Gasteiger partial charge in [0, 0.05) is 0 Å². The number of hydrogen-bond acceptors (Lipinski definition) is 3. The summed E-state index contributed by atoms with van der Waals surface area (Å²) in [5, 5.41) is 0. The summed E-state index contributed by atoms with van der Waals surface area (Å²) in [6.07, 6.45) is -5.20. The zero-order valence-electron chi connectivity index (χ0n) is 10.2.